The van der Waals surface area contributed by atoms with Gasteiger partial charge in [-0.25, -0.2) is 0 Å². The molecule has 0 saturated heterocycles. The van der Waals surface area contributed by atoms with Gasteiger partial charge in [-0.3, -0.25) is 0 Å². The average molecular weight is 575 g/mol. The molecule has 7 aromatic carbocycles. The Balaban J connectivity index is 1.32. The first-order chi connectivity index (χ1) is 22.3. The summed E-state index contributed by atoms with van der Waals surface area (Å²) in [5.74, 6) is 0. The van der Waals surface area contributed by atoms with Gasteiger partial charge in [0.1, 0.15) is 11.2 Å². The van der Waals surface area contributed by atoms with Gasteiger partial charge in [-0.1, -0.05) is 103 Å². The van der Waals surface area contributed by atoms with E-state index in [9.17, 15) is 0 Å². The summed E-state index contributed by atoms with van der Waals surface area (Å²) < 4.78 is 11.2. The topological polar surface area (TPSA) is 23.0 Å². The summed E-state index contributed by atoms with van der Waals surface area (Å²) in [6, 6.07) is 56.5. The third-order valence-corrected chi connectivity index (χ3v) is 9.32. The molecule has 3 nitrogen and oxygen atoms in total. The second-order valence-corrected chi connectivity index (χ2v) is 11.7. The molecular formula is C42H26N2O. The quantitative estimate of drug-likeness (QED) is 0.206. The standard InChI is InChI=1S/C42H26N2O/c1-2-12-27(13-3-1)41-38(24-25-40-42(41)32-17-7-11-21-39(32)45-40)44-36-20-10-6-16-31(36)33-26-28(22-23-37(33)44)43-34-18-8-4-14-29(34)30-15-5-9-19-35(30)43/h1-26H. The van der Waals surface area contributed by atoms with Crippen molar-refractivity contribution in [2.24, 2.45) is 0 Å². The number of rotatable bonds is 3. The molecule has 45 heavy (non-hydrogen) atoms. The highest BCUT2D eigenvalue weighted by molar-refractivity contribution is 6.17. The van der Waals surface area contributed by atoms with Gasteiger partial charge in [-0.15, -0.1) is 0 Å². The van der Waals surface area contributed by atoms with Gasteiger partial charge in [-0.2, -0.15) is 0 Å². The van der Waals surface area contributed by atoms with E-state index in [1.54, 1.807) is 0 Å². The summed E-state index contributed by atoms with van der Waals surface area (Å²) in [5, 5.41) is 7.25. The number of fused-ring (bicyclic) bond motifs is 9. The normalized spacial score (nSPS) is 12.0. The van der Waals surface area contributed by atoms with E-state index < -0.39 is 0 Å². The number of para-hydroxylation sites is 4. The number of aromatic nitrogens is 2. The molecule has 0 amide bonds. The second kappa shape index (κ2) is 9.22. The molecular weight excluding hydrogens is 548 g/mol. The van der Waals surface area contributed by atoms with Crippen LogP contribution in [0.2, 0.25) is 0 Å². The van der Waals surface area contributed by atoms with E-state index in [2.05, 4.69) is 161 Å². The molecule has 0 bridgehead atoms. The summed E-state index contributed by atoms with van der Waals surface area (Å²) in [4.78, 5) is 0. The minimum atomic E-state index is 0.897. The van der Waals surface area contributed by atoms with Crippen LogP contribution in [0.3, 0.4) is 0 Å². The van der Waals surface area contributed by atoms with Crippen LogP contribution in [0.1, 0.15) is 0 Å². The average Bonchev–Trinajstić information content (AvgIpc) is 3.76. The van der Waals surface area contributed by atoms with E-state index in [0.29, 0.717) is 0 Å². The number of nitrogens with zero attached hydrogens (tertiary/aromatic N) is 2. The van der Waals surface area contributed by atoms with Crippen molar-refractivity contribution in [2.45, 2.75) is 0 Å². The van der Waals surface area contributed by atoms with Gasteiger partial charge in [0.05, 0.1) is 27.8 Å². The van der Waals surface area contributed by atoms with Crippen molar-refractivity contribution in [3.05, 3.63) is 158 Å². The summed E-state index contributed by atoms with van der Waals surface area (Å²) in [6.45, 7) is 0. The Hall–Kier alpha value is -6.06. The maximum atomic E-state index is 6.38. The molecule has 0 N–H and O–H groups in total. The van der Waals surface area contributed by atoms with Crippen LogP contribution in [0.25, 0.3) is 88.1 Å². The summed E-state index contributed by atoms with van der Waals surface area (Å²) in [5.41, 5.74) is 11.2. The Kier molecular flexibility index (Phi) is 5.00. The van der Waals surface area contributed by atoms with Crippen LogP contribution in [0.4, 0.5) is 0 Å². The van der Waals surface area contributed by atoms with Crippen molar-refractivity contribution < 1.29 is 4.42 Å². The molecule has 0 unspecified atom stereocenters. The number of furan rings is 1. The van der Waals surface area contributed by atoms with Crippen LogP contribution in [-0.2, 0) is 0 Å². The first kappa shape index (κ1) is 24.4. The van der Waals surface area contributed by atoms with Crippen molar-refractivity contribution in [3.8, 4) is 22.5 Å². The molecule has 0 aliphatic carbocycles. The van der Waals surface area contributed by atoms with Gasteiger partial charge in [0, 0.05) is 43.6 Å². The van der Waals surface area contributed by atoms with Crippen molar-refractivity contribution in [2.75, 3.05) is 0 Å². The highest BCUT2D eigenvalue weighted by Gasteiger charge is 2.21. The van der Waals surface area contributed by atoms with Crippen LogP contribution in [-0.4, -0.2) is 9.13 Å². The maximum Gasteiger partial charge on any atom is 0.136 e. The fourth-order valence-corrected chi connectivity index (χ4v) is 7.45. The molecule has 0 spiro atoms. The zero-order valence-corrected chi connectivity index (χ0v) is 24.3. The molecule has 3 heteroatoms. The minimum Gasteiger partial charge on any atom is -0.456 e. The van der Waals surface area contributed by atoms with Gasteiger partial charge in [0.25, 0.3) is 0 Å². The summed E-state index contributed by atoms with van der Waals surface area (Å²) in [6.07, 6.45) is 0. The minimum absolute atomic E-state index is 0.897. The van der Waals surface area contributed by atoms with E-state index in [1.807, 2.05) is 6.07 Å². The number of hydrogen-bond donors (Lipinski definition) is 0. The molecule has 0 radical (unpaired) electrons. The van der Waals surface area contributed by atoms with Gasteiger partial charge in [0.2, 0.25) is 0 Å². The molecule has 0 saturated carbocycles. The highest BCUT2D eigenvalue weighted by Crippen LogP contribution is 2.43. The van der Waals surface area contributed by atoms with Crippen LogP contribution in [0.15, 0.2) is 162 Å². The van der Waals surface area contributed by atoms with E-state index in [4.69, 9.17) is 4.42 Å². The van der Waals surface area contributed by atoms with E-state index >= 15 is 0 Å². The van der Waals surface area contributed by atoms with E-state index in [-0.39, 0.29) is 0 Å². The Morgan fingerprint density at radius 3 is 1.64 bits per heavy atom. The SMILES string of the molecule is c1ccc(-c2c(-n3c4ccccc4c4cc(-n5c6ccccc6c6ccccc65)ccc43)ccc3oc4ccccc4c23)cc1. The van der Waals surface area contributed by atoms with Crippen LogP contribution < -0.4 is 0 Å². The number of hydrogen-bond acceptors (Lipinski definition) is 1. The smallest absolute Gasteiger partial charge is 0.136 e. The van der Waals surface area contributed by atoms with Gasteiger partial charge in [0.15, 0.2) is 0 Å². The van der Waals surface area contributed by atoms with Crippen molar-refractivity contribution >= 4 is 65.6 Å². The van der Waals surface area contributed by atoms with Gasteiger partial charge < -0.3 is 13.6 Å². The molecule has 0 aliphatic rings. The molecule has 10 rings (SSSR count). The summed E-state index contributed by atoms with van der Waals surface area (Å²) >= 11 is 0. The van der Waals surface area contributed by atoms with Crippen LogP contribution in [0.5, 0.6) is 0 Å². The third kappa shape index (κ3) is 3.41. The molecule has 0 fully saturated rings. The maximum absolute atomic E-state index is 6.38. The lowest BCUT2D eigenvalue weighted by Crippen LogP contribution is -1.98. The molecule has 10 aromatic rings. The molecule has 3 aromatic heterocycles. The first-order valence-electron chi connectivity index (χ1n) is 15.4. The van der Waals surface area contributed by atoms with Gasteiger partial charge in [-0.05, 0) is 60.2 Å². The fraction of sp³-hybridized carbons (Fsp3) is 0. The fourth-order valence-electron chi connectivity index (χ4n) is 7.45. The van der Waals surface area contributed by atoms with Crippen molar-refractivity contribution in [3.63, 3.8) is 0 Å². The van der Waals surface area contributed by atoms with Crippen LogP contribution in [0, 0.1) is 0 Å². The molecule has 0 atom stereocenters. The predicted octanol–water partition coefficient (Wildman–Crippen LogP) is 11.4. The first-order valence-corrected chi connectivity index (χ1v) is 15.4. The highest BCUT2D eigenvalue weighted by atomic mass is 16.3. The third-order valence-electron chi connectivity index (χ3n) is 9.32. The molecule has 210 valence electrons. The van der Waals surface area contributed by atoms with Crippen molar-refractivity contribution in [1.82, 2.24) is 9.13 Å². The van der Waals surface area contributed by atoms with Crippen LogP contribution >= 0.6 is 0 Å². The second-order valence-electron chi connectivity index (χ2n) is 11.7. The van der Waals surface area contributed by atoms with E-state index in [1.165, 1.54) is 49.2 Å². The Bertz CT molecular complexity index is 2710. The summed E-state index contributed by atoms with van der Waals surface area (Å²) in [7, 11) is 0. The van der Waals surface area contributed by atoms with Gasteiger partial charge >= 0.3 is 0 Å². The van der Waals surface area contributed by atoms with E-state index in [0.717, 1.165) is 38.9 Å². The zero-order chi connectivity index (χ0) is 29.5. The lowest BCUT2D eigenvalue weighted by molar-refractivity contribution is 0.669. The number of benzene rings is 7. The molecule has 0 aliphatic heterocycles. The van der Waals surface area contributed by atoms with Crippen molar-refractivity contribution in [1.29, 1.82) is 0 Å². The Morgan fingerprint density at radius 1 is 0.378 bits per heavy atom. The molecule has 3 heterocycles. The zero-order valence-electron chi connectivity index (χ0n) is 24.3. The Labute approximate surface area is 258 Å². The lowest BCUT2D eigenvalue weighted by Gasteiger charge is -2.16. The largest absolute Gasteiger partial charge is 0.456 e. The predicted molar refractivity (Wildman–Crippen MR) is 188 cm³/mol. The monoisotopic (exact) mass is 574 g/mol. The Morgan fingerprint density at radius 2 is 0.933 bits per heavy atom. The lowest BCUT2D eigenvalue weighted by atomic mass is 9.97.